The Bertz CT molecular complexity index is 720. The van der Waals surface area contributed by atoms with Crippen LogP contribution in [-0.2, 0) is 22.5 Å². The number of hydrogen-bond acceptors (Lipinski definition) is 4. The van der Waals surface area contributed by atoms with Gasteiger partial charge in [0, 0.05) is 45.6 Å². The molecular weight excluding hydrogens is 328 g/mol. The standard InChI is InChI=1S/C20H30N4O2/c1-16(2)15-20(25)21-8-7-19-22-17-5-3-4-6-18(17)24(19)10-9-23-11-13-26-14-12-23/h3-6,16H,7-15H2,1-2H3,(H,21,25). The minimum absolute atomic E-state index is 0.121. The van der Waals surface area contributed by atoms with Crippen LogP contribution < -0.4 is 5.32 Å². The number of imidazole rings is 1. The molecule has 0 bridgehead atoms. The molecule has 2 heterocycles. The first-order valence-electron chi connectivity index (χ1n) is 9.64. The first-order chi connectivity index (χ1) is 12.6. The lowest BCUT2D eigenvalue weighted by Crippen LogP contribution is -2.38. The number of para-hydroxylation sites is 2. The van der Waals surface area contributed by atoms with Crippen molar-refractivity contribution >= 4 is 16.9 Å². The van der Waals surface area contributed by atoms with Crippen molar-refractivity contribution in [2.24, 2.45) is 5.92 Å². The number of carbonyl (C=O) groups excluding carboxylic acids is 1. The van der Waals surface area contributed by atoms with Gasteiger partial charge < -0.3 is 14.6 Å². The van der Waals surface area contributed by atoms with Crippen molar-refractivity contribution in [3.63, 3.8) is 0 Å². The first-order valence-corrected chi connectivity index (χ1v) is 9.64. The molecular formula is C20H30N4O2. The summed E-state index contributed by atoms with van der Waals surface area (Å²) in [6.07, 6.45) is 1.33. The Morgan fingerprint density at radius 1 is 1.23 bits per heavy atom. The monoisotopic (exact) mass is 358 g/mol. The van der Waals surface area contributed by atoms with Crippen molar-refractivity contribution in [1.82, 2.24) is 19.8 Å². The fourth-order valence-electron chi connectivity index (χ4n) is 3.39. The number of nitrogens with one attached hydrogen (secondary N) is 1. The second-order valence-electron chi connectivity index (χ2n) is 7.32. The molecule has 0 atom stereocenters. The molecule has 6 heteroatoms. The van der Waals surface area contributed by atoms with E-state index in [2.05, 4.69) is 46.8 Å². The SMILES string of the molecule is CC(C)CC(=O)NCCc1nc2ccccc2n1CCN1CCOCC1. The van der Waals surface area contributed by atoms with Gasteiger partial charge in [-0.25, -0.2) is 4.98 Å². The minimum Gasteiger partial charge on any atom is -0.379 e. The molecule has 1 aromatic carbocycles. The Hall–Kier alpha value is -1.92. The fourth-order valence-corrected chi connectivity index (χ4v) is 3.39. The van der Waals surface area contributed by atoms with Gasteiger partial charge in [-0.2, -0.15) is 0 Å². The summed E-state index contributed by atoms with van der Waals surface area (Å²) in [5, 5.41) is 3.02. The van der Waals surface area contributed by atoms with Gasteiger partial charge in [0.25, 0.3) is 0 Å². The molecule has 1 aromatic heterocycles. The fraction of sp³-hybridized carbons (Fsp3) is 0.600. The van der Waals surface area contributed by atoms with E-state index < -0.39 is 0 Å². The predicted molar refractivity (Wildman–Crippen MR) is 103 cm³/mol. The zero-order valence-electron chi connectivity index (χ0n) is 15.9. The van der Waals surface area contributed by atoms with Gasteiger partial charge in [0.05, 0.1) is 24.2 Å². The normalized spacial score (nSPS) is 15.7. The van der Waals surface area contributed by atoms with E-state index in [1.807, 2.05) is 6.07 Å². The quantitative estimate of drug-likeness (QED) is 0.785. The summed E-state index contributed by atoms with van der Waals surface area (Å²) >= 11 is 0. The van der Waals surface area contributed by atoms with E-state index in [9.17, 15) is 4.79 Å². The van der Waals surface area contributed by atoms with Crippen LogP contribution in [0.4, 0.5) is 0 Å². The van der Waals surface area contributed by atoms with Crippen LogP contribution in [0.15, 0.2) is 24.3 Å². The number of nitrogens with zero attached hydrogens (tertiary/aromatic N) is 3. The maximum absolute atomic E-state index is 11.9. The number of fused-ring (bicyclic) bond motifs is 1. The van der Waals surface area contributed by atoms with E-state index in [0.717, 1.165) is 57.2 Å². The van der Waals surface area contributed by atoms with Gasteiger partial charge in [0.15, 0.2) is 0 Å². The highest BCUT2D eigenvalue weighted by molar-refractivity contribution is 5.76. The van der Waals surface area contributed by atoms with Crippen LogP contribution >= 0.6 is 0 Å². The van der Waals surface area contributed by atoms with Crippen molar-refractivity contribution in [2.75, 3.05) is 39.4 Å². The van der Waals surface area contributed by atoms with Crippen molar-refractivity contribution in [2.45, 2.75) is 33.2 Å². The van der Waals surface area contributed by atoms with Gasteiger partial charge >= 0.3 is 0 Å². The van der Waals surface area contributed by atoms with Crippen LogP contribution in [0, 0.1) is 5.92 Å². The number of rotatable bonds is 8. The van der Waals surface area contributed by atoms with Crippen LogP contribution in [-0.4, -0.2) is 59.8 Å². The van der Waals surface area contributed by atoms with E-state index in [1.165, 1.54) is 5.52 Å². The van der Waals surface area contributed by atoms with E-state index in [0.29, 0.717) is 18.9 Å². The number of morpholine rings is 1. The number of carbonyl (C=O) groups is 1. The molecule has 1 N–H and O–H groups in total. The summed E-state index contributed by atoms with van der Waals surface area (Å²) < 4.78 is 7.74. The second-order valence-corrected chi connectivity index (χ2v) is 7.32. The molecule has 1 saturated heterocycles. The molecule has 0 aliphatic carbocycles. The minimum atomic E-state index is 0.121. The Labute approximate surface area is 155 Å². The molecule has 0 saturated carbocycles. The smallest absolute Gasteiger partial charge is 0.220 e. The zero-order valence-corrected chi connectivity index (χ0v) is 15.9. The Kier molecular flexibility index (Phi) is 6.63. The summed E-state index contributed by atoms with van der Waals surface area (Å²) in [4.78, 5) is 19.1. The predicted octanol–water partition coefficient (Wildman–Crippen LogP) is 2.07. The van der Waals surface area contributed by atoms with Crippen molar-refractivity contribution in [3.8, 4) is 0 Å². The third-order valence-electron chi connectivity index (χ3n) is 4.74. The van der Waals surface area contributed by atoms with Crippen molar-refractivity contribution in [1.29, 1.82) is 0 Å². The number of aromatic nitrogens is 2. The Morgan fingerprint density at radius 3 is 2.77 bits per heavy atom. The van der Waals surface area contributed by atoms with E-state index in [4.69, 9.17) is 9.72 Å². The highest BCUT2D eigenvalue weighted by Gasteiger charge is 2.14. The first kappa shape index (κ1) is 18.9. The molecule has 1 aliphatic heterocycles. The van der Waals surface area contributed by atoms with Gasteiger partial charge in [-0.3, -0.25) is 9.69 Å². The van der Waals surface area contributed by atoms with E-state index in [1.54, 1.807) is 0 Å². The van der Waals surface area contributed by atoms with Crippen LogP contribution in [0.2, 0.25) is 0 Å². The lowest BCUT2D eigenvalue weighted by atomic mass is 10.1. The van der Waals surface area contributed by atoms with Crippen LogP contribution in [0.1, 0.15) is 26.1 Å². The molecule has 1 aliphatic rings. The summed E-state index contributed by atoms with van der Waals surface area (Å²) in [7, 11) is 0. The third kappa shape index (κ3) is 5.05. The highest BCUT2D eigenvalue weighted by atomic mass is 16.5. The average Bonchev–Trinajstić information content (AvgIpc) is 2.97. The lowest BCUT2D eigenvalue weighted by molar-refractivity contribution is -0.121. The summed E-state index contributed by atoms with van der Waals surface area (Å²) in [5.41, 5.74) is 2.20. The van der Waals surface area contributed by atoms with Crippen LogP contribution in [0.3, 0.4) is 0 Å². The van der Waals surface area contributed by atoms with Gasteiger partial charge in [0.2, 0.25) is 5.91 Å². The average molecular weight is 358 g/mol. The maximum atomic E-state index is 11.9. The molecule has 0 spiro atoms. The maximum Gasteiger partial charge on any atom is 0.220 e. The topological polar surface area (TPSA) is 59.4 Å². The Morgan fingerprint density at radius 2 is 2.00 bits per heavy atom. The lowest BCUT2D eigenvalue weighted by Gasteiger charge is -2.27. The van der Waals surface area contributed by atoms with Crippen LogP contribution in [0.5, 0.6) is 0 Å². The van der Waals surface area contributed by atoms with E-state index >= 15 is 0 Å². The number of benzene rings is 1. The van der Waals surface area contributed by atoms with Gasteiger partial charge in [-0.15, -0.1) is 0 Å². The van der Waals surface area contributed by atoms with Gasteiger partial charge in [-0.05, 0) is 18.1 Å². The van der Waals surface area contributed by atoms with Crippen LogP contribution in [0.25, 0.3) is 11.0 Å². The van der Waals surface area contributed by atoms with Gasteiger partial charge in [-0.1, -0.05) is 26.0 Å². The summed E-state index contributed by atoms with van der Waals surface area (Å²) in [6.45, 7) is 10.3. The summed E-state index contributed by atoms with van der Waals surface area (Å²) in [5.74, 6) is 1.55. The summed E-state index contributed by atoms with van der Waals surface area (Å²) in [6, 6.07) is 8.27. The molecule has 1 fully saturated rings. The second kappa shape index (κ2) is 9.14. The number of amides is 1. The number of hydrogen-bond donors (Lipinski definition) is 1. The number of ether oxygens (including phenoxy) is 1. The molecule has 142 valence electrons. The zero-order chi connectivity index (χ0) is 18.4. The molecule has 6 nitrogen and oxygen atoms in total. The third-order valence-corrected chi connectivity index (χ3v) is 4.74. The molecule has 1 amide bonds. The molecule has 0 radical (unpaired) electrons. The molecule has 26 heavy (non-hydrogen) atoms. The highest BCUT2D eigenvalue weighted by Crippen LogP contribution is 2.16. The van der Waals surface area contributed by atoms with E-state index in [-0.39, 0.29) is 5.91 Å². The Balaban J connectivity index is 1.65. The van der Waals surface area contributed by atoms with Gasteiger partial charge in [0.1, 0.15) is 5.82 Å². The molecule has 3 rings (SSSR count). The van der Waals surface area contributed by atoms with Crippen molar-refractivity contribution in [3.05, 3.63) is 30.1 Å². The van der Waals surface area contributed by atoms with Crippen molar-refractivity contribution < 1.29 is 9.53 Å². The molecule has 2 aromatic rings. The molecule has 0 unspecified atom stereocenters. The largest absolute Gasteiger partial charge is 0.379 e.